The van der Waals surface area contributed by atoms with Crippen LogP contribution in [0, 0.1) is 6.92 Å². The van der Waals surface area contributed by atoms with Crippen molar-refractivity contribution in [2.24, 2.45) is 0 Å². The Labute approximate surface area is 240 Å². The van der Waals surface area contributed by atoms with Crippen LogP contribution in [0.2, 0.25) is 0 Å². The minimum atomic E-state index is -1.02. The van der Waals surface area contributed by atoms with Gasteiger partial charge in [-0.05, 0) is 109 Å². The number of hydrogen-bond acceptors (Lipinski definition) is 6. The number of allylic oxidation sites excluding steroid dienone is 1. The first-order chi connectivity index (χ1) is 19.9. The molecule has 1 saturated heterocycles. The highest BCUT2D eigenvalue weighted by molar-refractivity contribution is 6.19. The van der Waals surface area contributed by atoms with Crippen LogP contribution in [0.5, 0.6) is 5.75 Å². The van der Waals surface area contributed by atoms with Gasteiger partial charge in [0.25, 0.3) is 0 Å². The molecule has 1 amide bonds. The fourth-order valence-corrected chi connectivity index (χ4v) is 5.61. The van der Waals surface area contributed by atoms with Gasteiger partial charge < -0.3 is 20.1 Å². The third-order valence-electron chi connectivity index (χ3n) is 7.89. The number of carboxylic acids is 1. The molecule has 3 aromatic carbocycles. The Balaban J connectivity index is 1.45. The number of carboxylic acid groups (broad SMARTS) is 1. The maximum Gasteiger partial charge on any atom is 0.335 e. The molecular weight excluding hydrogens is 518 g/mol. The van der Waals surface area contributed by atoms with Crippen LogP contribution in [0.3, 0.4) is 0 Å². The van der Waals surface area contributed by atoms with Crippen LogP contribution in [-0.4, -0.2) is 59.8 Å². The van der Waals surface area contributed by atoms with Gasteiger partial charge in [-0.15, -0.1) is 0 Å². The number of amides is 1. The second-order valence-corrected chi connectivity index (χ2v) is 10.7. The highest BCUT2D eigenvalue weighted by atomic mass is 16.5. The van der Waals surface area contributed by atoms with Crippen LogP contribution >= 0.6 is 0 Å². The number of carbonyl (C=O) groups excluding carboxylic acids is 2. The number of ether oxygens (including phenoxy) is 1. The molecule has 8 nitrogen and oxygen atoms in total. The number of fused-ring (bicyclic) bond motifs is 1. The number of aryl methyl sites for hydroxylation is 1. The quantitative estimate of drug-likeness (QED) is 0.213. The average Bonchev–Trinajstić information content (AvgIpc) is 3.42. The molecule has 2 aliphatic rings. The molecular formula is C33H35N3O5. The lowest BCUT2D eigenvalue weighted by molar-refractivity contribution is -0.133. The largest absolute Gasteiger partial charge is 0.497 e. The minimum absolute atomic E-state index is 0.153. The van der Waals surface area contributed by atoms with Crippen molar-refractivity contribution in [3.05, 3.63) is 94.0 Å². The highest BCUT2D eigenvalue weighted by Gasteiger charge is 2.26. The van der Waals surface area contributed by atoms with Crippen molar-refractivity contribution in [1.82, 2.24) is 9.80 Å². The number of likely N-dealkylation sites (tertiary alicyclic amines) is 1. The molecule has 0 aromatic heterocycles. The van der Waals surface area contributed by atoms with Gasteiger partial charge in [0, 0.05) is 24.4 Å². The molecule has 0 radical (unpaired) electrons. The summed E-state index contributed by atoms with van der Waals surface area (Å²) in [6.07, 6.45) is 4.34. The molecule has 1 fully saturated rings. The maximum absolute atomic E-state index is 13.0. The van der Waals surface area contributed by atoms with E-state index in [4.69, 9.17) is 4.74 Å². The molecule has 0 aliphatic carbocycles. The molecule has 8 heteroatoms. The molecule has 3 aromatic rings. The van der Waals surface area contributed by atoms with E-state index >= 15 is 0 Å². The molecule has 0 saturated carbocycles. The van der Waals surface area contributed by atoms with Gasteiger partial charge in [0.05, 0.1) is 24.9 Å². The summed E-state index contributed by atoms with van der Waals surface area (Å²) in [5.41, 5.74) is 6.23. The first-order valence-electron chi connectivity index (χ1n) is 13.9. The first-order valence-corrected chi connectivity index (χ1v) is 13.9. The molecule has 2 heterocycles. The SMILES string of the molecule is COc1ccc(/C(Nc2ccc3c(c2)CN(C(=O)CN2CCCCC2)C3)=C(/C=O)c2ccc(C(=O)O)cc2C)cc1. The number of nitrogens with one attached hydrogen (secondary N) is 1. The molecule has 41 heavy (non-hydrogen) atoms. The third-order valence-corrected chi connectivity index (χ3v) is 7.89. The van der Waals surface area contributed by atoms with Crippen molar-refractivity contribution in [2.45, 2.75) is 39.3 Å². The number of piperidine rings is 1. The Hall–Kier alpha value is -4.43. The zero-order valence-electron chi connectivity index (χ0n) is 23.5. The van der Waals surface area contributed by atoms with E-state index in [0.717, 1.165) is 54.6 Å². The van der Waals surface area contributed by atoms with E-state index in [0.29, 0.717) is 47.8 Å². The molecule has 0 bridgehead atoms. The maximum atomic E-state index is 13.0. The number of aldehydes is 1. The number of anilines is 1. The predicted molar refractivity (Wildman–Crippen MR) is 159 cm³/mol. The number of methoxy groups -OCH3 is 1. The van der Waals surface area contributed by atoms with E-state index < -0.39 is 5.97 Å². The second kappa shape index (κ2) is 12.4. The van der Waals surface area contributed by atoms with Gasteiger partial charge in [-0.3, -0.25) is 14.5 Å². The smallest absolute Gasteiger partial charge is 0.335 e. The van der Waals surface area contributed by atoms with E-state index in [1.807, 2.05) is 47.4 Å². The standard InChI is InChI=1S/C33H35N3O5/c1-22-16-24(33(39)40)9-13-29(22)30(21-37)32(23-7-11-28(41-2)12-8-23)34-27-10-6-25-18-36(19-26(25)17-27)31(38)20-35-14-4-3-5-15-35/h6-13,16-17,21,34H,3-5,14-15,18-20H2,1-2H3,(H,39,40)/b32-30+. The van der Waals surface area contributed by atoms with Crippen molar-refractivity contribution in [3.63, 3.8) is 0 Å². The van der Waals surface area contributed by atoms with E-state index in [1.165, 1.54) is 12.5 Å². The summed E-state index contributed by atoms with van der Waals surface area (Å²) in [5, 5.41) is 12.9. The molecule has 0 unspecified atom stereocenters. The zero-order valence-corrected chi connectivity index (χ0v) is 23.5. The van der Waals surface area contributed by atoms with Gasteiger partial charge in [0.15, 0.2) is 6.29 Å². The summed E-state index contributed by atoms with van der Waals surface area (Å²) >= 11 is 0. The van der Waals surface area contributed by atoms with Crippen LogP contribution in [-0.2, 0) is 22.7 Å². The van der Waals surface area contributed by atoms with Crippen molar-refractivity contribution in [3.8, 4) is 5.75 Å². The Morgan fingerprint density at radius 1 is 0.927 bits per heavy atom. The first kappa shape index (κ1) is 28.1. The molecule has 0 atom stereocenters. The van der Waals surface area contributed by atoms with Crippen LogP contribution in [0.25, 0.3) is 11.3 Å². The number of carbonyl (C=O) groups is 3. The number of rotatable bonds is 9. The van der Waals surface area contributed by atoms with Crippen LogP contribution in [0.4, 0.5) is 5.69 Å². The van der Waals surface area contributed by atoms with Gasteiger partial charge in [-0.1, -0.05) is 18.6 Å². The normalized spacial score (nSPS) is 15.6. The van der Waals surface area contributed by atoms with Crippen molar-refractivity contribution in [2.75, 3.05) is 32.1 Å². The van der Waals surface area contributed by atoms with Gasteiger partial charge >= 0.3 is 5.97 Å². The van der Waals surface area contributed by atoms with Gasteiger partial charge in [-0.2, -0.15) is 0 Å². The van der Waals surface area contributed by atoms with E-state index in [1.54, 1.807) is 26.2 Å². The summed E-state index contributed by atoms with van der Waals surface area (Å²) in [6, 6.07) is 18.2. The molecule has 212 valence electrons. The zero-order chi connectivity index (χ0) is 28.9. The van der Waals surface area contributed by atoms with Gasteiger partial charge in [0.2, 0.25) is 5.91 Å². The Bertz CT molecular complexity index is 1490. The number of benzene rings is 3. The lowest BCUT2D eigenvalue weighted by Gasteiger charge is -2.27. The summed E-state index contributed by atoms with van der Waals surface area (Å²) in [5.74, 6) is -0.180. The topological polar surface area (TPSA) is 99.2 Å². The number of aromatic carboxylic acids is 1. The van der Waals surface area contributed by atoms with Crippen LogP contribution < -0.4 is 10.1 Å². The van der Waals surface area contributed by atoms with Crippen LogP contribution in [0.1, 0.15) is 57.4 Å². The lowest BCUT2D eigenvalue weighted by atomic mass is 9.95. The Kier molecular flexibility index (Phi) is 8.50. The second-order valence-electron chi connectivity index (χ2n) is 10.7. The monoisotopic (exact) mass is 553 g/mol. The van der Waals surface area contributed by atoms with Gasteiger partial charge in [-0.25, -0.2) is 4.79 Å². The average molecular weight is 554 g/mol. The van der Waals surface area contributed by atoms with E-state index in [9.17, 15) is 19.5 Å². The summed E-state index contributed by atoms with van der Waals surface area (Å²) in [7, 11) is 1.60. The van der Waals surface area contributed by atoms with Crippen molar-refractivity contribution in [1.29, 1.82) is 0 Å². The molecule has 0 spiro atoms. The van der Waals surface area contributed by atoms with E-state index in [-0.39, 0.29) is 11.5 Å². The van der Waals surface area contributed by atoms with Crippen molar-refractivity contribution >= 4 is 35.1 Å². The highest BCUT2D eigenvalue weighted by Crippen LogP contribution is 2.32. The fourth-order valence-electron chi connectivity index (χ4n) is 5.61. The lowest BCUT2D eigenvalue weighted by Crippen LogP contribution is -2.40. The fraction of sp³-hybridized carbons (Fsp3) is 0.303. The third kappa shape index (κ3) is 6.33. The number of hydrogen-bond donors (Lipinski definition) is 2. The Morgan fingerprint density at radius 2 is 1.63 bits per heavy atom. The molecule has 2 N–H and O–H groups in total. The minimum Gasteiger partial charge on any atom is -0.497 e. The summed E-state index contributed by atoms with van der Waals surface area (Å²) < 4.78 is 5.32. The Morgan fingerprint density at radius 3 is 2.29 bits per heavy atom. The van der Waals surface area contributed by atoms with E-state index in [2.05, 4.69) is 10.2 Å². The molecule has 5 rings (SSSR count). The molecule has 2 aliphatic heterocycles. The summed E-state index contributed by atoms with van der Waals surface area (Å²) in [6.45, 7) is 5.37. The van der Waals surface area contributed by atoms with Crippen molar-refractivity contribution < 1.29 is 24.2 Å². The number of nitrogens with zero attached hydrogens (tertiary/aromatic N) is 2. The van der Waals surface area contributed by atoms with Crippen LogP contribution in [0.15, 0.2) is 60.7 Å². The predicted octanol–water partition coefficient (Wildman–Crippen LogP) is 5.21. The van der Waals surface area contributed by atoms with Gasteiger partial charge in [0.1, 0.15) is 5.75 Å². The summed E-state index contributed by atoms with van der Waals surface area (Å²) in [4.78, 5) is 41.3.